The van der Waals surface area contributed by atoms with Crippen molar-refractivity contribution in [2.24, 2.45) is 11.8 Å². The number of rotatable bonds is 35. The Hall–Kier alpha value is -1.59. The van der Waals surface area contributed by atoms with Crippen LogP contribution in [0.4, 0.5) is 0 Å². The summed E-state index contributed by atoms with van der Waals surface area (Å²) in [6, 6.07) is 0. The molecule has 0 aliphatic heterocycles. The maximum Gasteiger partial charge on any atom is 0.306 e. The van der Waals surface area contributed by atoms with Crippen molar-refractivity contribution in [3.63, 3.8) is 0 Å². The van der Waals surface area contributed by atoms with Gasteiger partial charge in [-0.15, -0.1) is 0 Å². The molecule has 278 valence electrons. The quantitative estimate of drug-likeness (QED) is 0.0380. The molecule has 0 aromatic rings. The fourth-order valence-electron chi connectivity index (χ4n) is 5.84. The first-order chi connectivity index (χ1) is 22.8. The van der Waals surface area contributed by atoms with E-state index in [4.69, 9.17) is 14.2 Å². The van der Waals surface area contributed by atoms with Crippen LogP contribution in [-0.4, -0.2) is 37.2 Å². The fourth-order valence-corrected chi connectivity index (χ4v) is 5.84. The third-order valence-electron chi connectivity index (χ3n) is 9.33. The van der Waals surface area contributed by atoms with Gasteiger partial charge in [0.25, 0.3) is 0 Å². The molecular formula is C41H78O6. The van der Waals surface area contributed by atoms with E-state index < -0.39 is 6.10 Å². The molecule has 47 heavy (non-hydrogen) atoms. The summed E-state index contributed by atoms with van der Waals surface area (Å²) < 4.78 is 16.6. The molecule has 0 fully saturated rings. The molecule has 0 N–H and O–H groups in total. The molecule has 0 heterocycles. The highest BCUT2D eigenvalue weighted by molar-refractivity contribution is 5.71. The van der Waals surface area contributed by atoms with Crippen LogP contribution in [0.2, 0.25) is 0 Å². The summed E-state index contributed by atoms with van der Waals surface area (Å²) in [4.78, 5) is 37.4. The number of unbranched alkanes of at least 4 members (excludes halogenated alkanes) is 19. The standard InChI is InChI=1S/C41H78O6/c1-6-8-9-10-14-23-28-33-41(44)47-38(35-46-40(43)32-27-22-18-13-15-19-24-29-36(3)4)34-45-39(42)31-26-21-17-12-11-16-20-25-30-37(5)7-2/h36-38H,6-35H2,1-5H3/t37?,38-/m0/s1. The van der Waals surface area contributed by atoms with Crippen molar-refractivity contribution in [2.75, 3.05) is 13.2 Å². The zero-order valence-corrected chi connectivity index (χ0v) is 31.9. The van der Waals surface area contributed by atoms with Crippen LogP contribution in [-0.2, 0) is 28.6 Å². The monoisotopic (exact) mass is 667 g/mol. The second-order valence-corrected chi connectivity index (χ2v) is 14.6. The molecule has 0 rings (SSSR count). The summed E-state index contributed by atoms with van der Waals surface area (Å²) in [5.74, 6) is 0.755. The van der Waals surface area contributed by atoms with Gasteiger partial charge >= 0.3 is 17.9 Å². The van der Waals surface area contributed by atoms with Gasteiger partial charge in [0.2, 0.25) is 0 Å². The van der Waals surface area contributed by atoms with Crippen LogP contribution in [0.3, 0.4) is 0 Å². The predicted molar refractivity (Wildman–Crippen MR) is 196 cm³/mol. The number of carbonyl (C=O) groups excluding carboxylic acids is 3. The summed E-state index contributed by atoms with van der Waals surface area (Å²) >= 11 is 0. The highest BCUT2D eigenvalue weighted by Gasteiger charge is 2.19. The first kappa shape index (κ1) is 45.4. The highest BCUT2D eigenvalue weighted by atomic mass is 16.6. The zero-order chi connectivity index (χ0) is 34.8. The minimum absolute atomic E-state index is 0.0671. The van der Waals surface area contributed by atoms with E-state index in [1.807, 2.05) is 0 Å². The van der Waals surface area contributed by atoms with Crippen LogP contribution < -0.4 is 0 Å². The number of ether oxygens (including phenoxy) is 3. The topological polar surface area (TPSA) is 78.9 Å². The lowest BCUT2D eigenvalue weighted by molar-refractivity contribution is -0.167. The number of hydrogen-bond acceptors (Lipinski definition) is 6. The molecule has 0 aliphatic rings. The SMILES string of the molecule is CCCCCCCCCC(=O)O[C@@H](COC(=O)CCCCCCCCCCC(C)CC)COC(=O)CCCCCCCCCC(C)C. The van der Waals surface area contributed by atoms with E-state index in [1.165, 1.54) is 103 Å². The van der Waals surface area contributed by atoms with Gasteiger partial charge in [0.1, 0.15) is 13.2 Å². The van der Waals surface area contributed by atoms with Crippen molar-refractivity contribution < 1.29 is 28.6 Å². The second kappa shape index (κ2) is 34.3. The Balaban J connectivity index is 4.31. The van der Waals surface area contributed by atoms with E-state index >= 15 is 0 Å². The first-order valence-electron chi connectivity index (χ1n) is 20.3. The van der Waals surface area contributed by atoms with Gasteiger partial charge in [0.05, 0.1) is 0 Å². The van der Waals surface area contributed by atoms with Crippen molar-refractivity contribution in [2.45, 2.75) is 221 Å². The van der Waals surface area contributed by atoms with E-state index in [2.05, 4.69) is 34.6 Å². The van der Waals surface area contributed by atoms with Crippen molar-refractivity contribution in [3.05, 3.63) is 0 Å². The molecule has 1 unspecified atom stereocenters. The van der Waals surface area contributed by atoms with Gasteiger partial charge < -0.3 is 14.2 Å². The summed E-state index contributed by atoms with van der Waals surface area (Å²) in [5.41, 5.74) is 0. The first-order valence-corrected chi connectivity index (χ1v) is 20.3. The predicted octanol–water partition coefficient (Wildman–Crippen LogP) is 12.2. The Morgan fingerprint density at radius 2 is 0.809 bits per heavy atom. The minimum atomic E-state index is -0.758. The van der Waals surface area contributed by atoms with Gasteiger partial charge in [-0.1, -0.05) is 176 Å². The van der Waals surface area contributed by atoms with Crippen LogP contribution >= 0.6 is 0 Å². The molecule has 0 saturated heterocycles. The molecule has 6 nitrogen and oxygen atoms in total. The fraction of sp³-hybridized carbons (Fsp3) is 0.927. The third kappa shape index (κ3) is 34.1. The molecule has 0 saturated carbocycles. The molecular weight excluding hydrogens is 588 g/mol. The van der Waals surface area contributed by atoms with Crippen LogP contribution in [0, 0.1) is 11.8 Å². The number of carbonyl (C=O) groups is 3. The Labute approximate surface area is 291 Å². The molecule has 2 atom stereocenters. The maximum absolute atomic E-state index is 12.5. The van der Waals surface area contributed by atoms with Crippen LogP contribution in [0.25, 0.3) is 0 Å². The van der Waals surface area contributed by atoms with Crippen molar-refractivity contribution in [1.82, 2.24) is 0 Å². The van der Waals surface area contributed by atoms with E-state index in [9.17, 15) is 14.4 Å². The third-order valence-corrected chi connectivity index (χ3v) is 9.33. The molecule has 0 aliphatic carbocycles. The smallest absolute Gasteiger partial charge is 0.306 e. The molecule has 0 aromatic heterocycles. The van der Waals surface area contributed by atoms with E-state index in [0.29, 0.717) is 19.3 Å². The Kier molecular flexibility index (Phi) is 33.1. The molecule has 0 aromatic carbocycles. The van der Waals surface area contributed by atoms with Crippen LogP contribution in [0.5, 0.6) is 0 Å². The van der Waals surface area contributed by atoms with E-state index in [0.717, 1.165) is 69.6 Å². The van der Waals surface area contributed by atoms with Gasteiger partial charge in [0.15, 0.2) is 6.10 Å². The van der Waals surface area contributed by atoms with Gasteiger partial charge in [-0.2, -0.15) is 0 Å². The average Bonchev–Trinajstić information content (AvgIpc) is 3.05. The number of hydrogen-bond donors (Lipinski definition) is 0. The summed E-state index contributed by atoms with van der Waals surface area (Å²) in [6.45, 7) is 11.2. The maximum atomic E-state index is 12.5. The van der Waals surface area contributed by atoms with Crippen LogP contribution in [0.1, 0.15) is 214 Å². The largest absolute Gasteiger partial charge is 0.462 e. The van der Waals surface area contributed by atoms with Crippen LogP contribution in [0.15, 0.2) is 0 Å². The summed E-state index contributed by atoms with van der Waals surface area (Å²) in [5, 5.41) is 0. The van der Waals surface area contributed by atoms with Gasteiger partial charge in [-0.05, 0) is 31.1 Å². The lowest BCUT2D eigenvalue weighted by atomic mass is 9.99. The highest BCUT2D eigenvalue weighted by Crippen LogP contribution is 2.16. The Bertz CT molecular complexity index is 721. The molecule has 0 bridgehead atoms. The molecule has 0 amide bonds. The minimum Gasteiger partial charge on any atom is -0.462 e. The normalized spacial score (nSPS) is 12.6. The Morgan fingerprint density at radius 3 is 1.21 bits per heavy atom. The molecule has 0 radical (unpaired) electrons. The average molecular weight is 667 g/mol. The van der Waals surface area contributed by atoms with E-state index in [-0.39, 0.29) is 31.1 Å². The van der Waals surface area contributed by atoms with Gasteiger partial charge in [-0.25, -0.2) is 0 Å². The number of esters is 3. The lowest BCUT2D eigenvalue weighted by Gasteiger charge is -2.18. The van der Waals surface area contributed by atoms with Crippen molar-refractivity contribution in [1.29, 1.82) is 0 Å². The lowest BCUT2D eigenvalue weighted by Crippen LogP contribution is -2.30. The molecule has 6 heteroatoms. The Morgan fingerprint density at radius 1 is 0.447 bits per heavy atom. The molecule has 0 spiro atoms. The second-order valence-electron chi connectivity index (χ2n) is 14.6. The van der Waals surface area contributed by atoms with Crippen molar-refractivity contribution >= 4 is 17.9 Å². The van der Waals surface area contributed by atoms with Gasteiger partial charge in [0, 0.05) is 19.3 Å². The summed E-state index contributed by atoms with van der Waals surface area (Å²) in [6.07, 6.45) is 29.6. The van der Waals surface area contributed by atoms with Crippen molar-refractivity contribution in [3.8, 4) is 0 Å². The zero-order valence-electron chi connectivity index (χ0n) is 31.9. The van der Waals surface area contributed by atoms with E-state index in [1.54, 1.807) is 0 Å². The van der Waals surface area contributed by atoms with Gasteiger partial charge in [-0.3, -0.25) is 14.4 Å². The summed E-state index contributed by atoms with van der Waals surface area (Å²) in [7, 11) is 0.